The summed E-state index contributed by atoms with van der Waals surface area (Å²) in [4.78, 5) is 10.5. The van der Waals surface area contributed by atoms with Crippen molar-refractivity contribution in [2.75, 3.05) is 6.61 Å². The van der Waals surface area contributed by atoms with Gasteiger partial charge in [-0.2, -0.15) is 0 Å². The Morgan fingerprint density at radius 3 is 2.77 bits per heavy atom. The molecule has 1 aliphatic heterocycles. The second-order valence-electron chi connectivity index (χ2n) is 3.73. The molecule has 0 saturated carbocycles. The lowest BCUT2D eigenvalue weighted by Crippen LogP contribution is -2.13. The zero-order valence-corrected chi connectivity index (χ0v) is 8.16. The van der Waals surface area contributed by atoms with E-state index in [2.05, 4.69) is 6.92 Å². The van der Waals surface area contributed by atoms with Crippen LogP contribution in [0.5, 0.6) is 0 Å². The Balaban J connectivity index is 2.17. The summed E-state index contributed by atoms with van der Waals surface area (Å²) in [5.41, 5.74) is 0. The van der Waals surface area contributed by atoms with Gasteiger partial charge in [0.15, 0.2) is 0 Å². The highest BCUT2D eigenvalue weighted by atomic mass is 16.6. The number of hydrogen-bond donors (Lipinski definition) is 1. The summed E-state index contributed by atoms with van der Waals surface area (Å²) in [6, 6.07) is 0. The van der Waals surface area contributed by atoms with Crippen LogP contribution < -0.4 is 0 Å². The van der Waals surface area contributed by atoms with E-state index < -0.39 is 5.97 Å². The zero-order chi connectivity index (χ0) is 9.68. The molecule has 1 aliphatic rings. The largest absolute Gasteiger partial charge is 0.481 e. The number of unbranched alkanes of at least 4 members (excludes halogenated alkanes) is 2. The second-order valence-corrected chi connectivity index (χ2v) is 3.73. The first kappa shape index (κ1) is 10.5. The van der Waals surface area contributed by atoms with Crippen molar-refractivity contribution in [2.24, 2.45) is 5.92 Å². The summed E-state index contributed by atoms with van der Waals surface area (Å²) < 4.78 is 5.14. The first-order valence-electron chi connectivity index (χ1n) is 5.07. The maximum Gasteiger partial charge on any atom is 0.303 e. The monoisotopic (exact) mass is 186 g/mol. The van der Waals surface area contributed by atoms with E-state index in [0.717, 1.165) is 19.4 Å². The third kappa shape index (κ3) is 4.27. The highest BCUT2D eigenvalue weighted by Crippen LogP contribution is 2.27. The fourth-order valence-corrected chi connectivity index (χ4v) is 1.63. The molecule has 3 heteroatoms. The summed E-state index contributed by atoms with van der Waals surface area (Å²) in [6.45, 7) is 2.92. The fourth-order valence-electron chi connectivity index (χ4n) is 1.63. The van der Waals surface area contributed by atoms with Crippen molar-refractivity contribution in [2.45, 2.75) is 45.1 Å². The minimum absolute atomic E-state index is 0.243. The molecule has 3 nitrogen and oxygen atoms in total. The molecule has 13 heavy (non-hydrogen) atoms. The van der Waals surface area contributed by atoms with E-state index in [1.54, 1.807) is 0 Å². The molecule has 1 fully saturated rings. The smallest absolute Gasteiger partial charge is 0.303 e. The van der Waals surface area contributed by atoms with Gasteiger partial charge in [-0.15, -0.1) is 0 Å². The van der Waals surface area contributed by atoms with Gasteiger partial charge in [-0.05, 0) is 12.3 Å². The van der Waals surface area contributed by atoms with Crippen molar-refractivity contribution in [1.82, 2.24) is 0 Å². The molecule has 2 atom stereocenters. The van der Waals surface area contributed by atoms with E-state index in [4.69, 9.17) is 9.84 Å². The third-order valence-corrected chi connectivity index (χ3v) is 2.50. The molecule has 0 unspecified atom stereocenters. The van der Waals surface area contributed by atoms with E-state index in [1.807, 2.05) is 0 Å². The number of carbonyl (C=O) groups is 1. The molecular weight excluding hydrogens is 168 g/mol. The summed E-state index contributed by atoms with van der Waals surface area (Å²) in [5, 5.41) is 8.66. The lowest BCUT2D eigenvalue weighted by Gasteiger charge is -2.10. The first-order chi connectivity index (χ1) is 6.24. The lowest BCUT2D eigenvalue weighted by molar-refractivity contribution is -0.138. The predicted molar refractivity (Wildman–Crippen MR) is 49.6 cm³/mol. The number of ether oxygens (including phenoxy) is 1. The maximum absolute atomic E-state index is 10.5. The Morgan fingerprint density at radius 1 is 1.62 bits per heavy atom. The number of carboxylic acid groups (broad SMARTS) is 1. The van der Waals surface area contributed by atoms with Crippen LogP contribution >= 0.6 is 0 Å². The van der Waals surface area contributed by atoms with Gasteiger partial charge < -0.3 is 9.84 Å². The standard InChI is InChI=1S/C10H18O3/c1-2-3-4-5-8(6-10(11)12)9-7-13-9/h8-9H,2-7H2,1H3,(H,11,12)/t8-,9+/m0/s1. The van der Waals surface area contributed by atoms with Crippen LogP contribution in [0.3, 0.4) is 0 Å². The number of aliphatic carboxylic acids is 1. The highest BCUT2D eigenvalue weighted by molar-refractivity contribution is 5.67. The van der Waals surface area contributed by atoms with Crippen molar-refractivity contribution >= 4 is 5.97 Å². The topological polar surface area (TPSA) is 49.8 Å². The van der Waals surface area contributed by atoms with Crippen LogP contribution in [0.1, 0.15) is 39.0 Å². The van der Waals surface area contributed by atoms with E-state index in [9.17, 15) is 4.79 Å². The molecule has 1 N–H and O–H groups in total. The summed E-state index contributed by atoms with van der Waals surface area (Å²) >= 11 is 0. The molecule has 1 saturated heterocycles. The summed E-state index contributed by atoms with van der Waals surface area (Å²) in [7, 11) is 0. The van der Waals surface area contributed by atoms with Gasteiger partial charge in [-0.25, -0.2) is 0 Å². The molecule has 0 spiro atoms. The van der Waals surface area contributed by atoms with E-state index >= 15 is 0 Å². The van der Waals surface area contributed by atoms with Crippen LogP contribution in [0.25, 0.3) is 0 Å². The normalized spacial score (nSPS) is 22.7. The molecule has 0 aromatic rings. The molecule has 76 valence electrons. The quantitative estimate of drug-likeness (QED) is 0.489. The van der Waals surface area contributed by atoms with Gasteiger partial charge in [0.25, 0.3) is 0 Å². The van der Waals surface area contributed by atoms with E-state index in [0.29, 0.717) is 0 Å². The zero-order valence-electron chi connectivity index (χ0n) is 8.16. The van der Waals surface area contributed by atoms with E-state index in [-0.39, 0.29) is 18.4 Å². The first-order valence-corrected chi connectivity index (χ1v) is 5.07. The van der Waals surface area contributed by atoms with Crippen LogP contribution in [-0.2, 0) is 9.53 Å². The van der Waals surface area contributed by atoms with Gasteiger partial charge in [0, 0.05) is 0 Å². The molecule has 1 heterocycles. The minimum atomic E-state index is -0.697. The van der Waals surface area contributed by atoms with Crippen molar-refractivity contribution in [3.05, 3.63) is 0 Å². The van der Waals surface area contributed by atoms with Gasteiger partial charge in [0.05, 0.1) is 19.1 Å². The lowest BCUT2D eigenvalue weighted by atomic mass is 9.95. The molecule has 0 aromatic heterocycles. The van der Waals surface area contributed by atoms with Gasteiger partial charge >= 0.3 is 5.97 Å². The summed E-state index contributed by atoms with van der Waals surface area (Å²) in [5.74, 6) is -0.443. The van der Waals surface area contributed by atoms with Crippen LogP contribution in [0, 0.1) is 5.92 Å². The van der Waals surface area contributed by atoms with Crippen LogP contribution in [0.4, 0.5) is 0 Å². The molecule has 1 rings (SSSR count). The molecular formula is C10H18O3. The molecule has 0 radical (unpaired) electrons. The number of hydrogen-bond acceptors (Lipinski definition) is 2. The van der Waals surface area contributed by atoms with E-state index in [1.165, 1.54) is 12.8 Å². The van der Waals surface area contributed by atoms with Crippen molar-refractivity contribution < 1.29 is 14.6 Å². The van der Waals surface area contributed by atoms with Gasteiger partial charge in [0.1, 0.15) is 0 Å². The van der Waals surface area contributed by atoms with Crippen LogP contribution in [0.15, 0.2) is 0 Å². The predicted octanol–water partition coefficient (Wildman–Crippen LogP) is 2.06. The Kier molecular flexibility index (Phi) is 4.22. The van der Waals surface area contributed by atoms with Gasteiger partial charge in [0.2, 0.25) is 0 Å². The van der Waals surface area contributed by atoms with Crippen molar-refractivity contribution in [3.8, 4) is 0 Å². The highest BCUT2D eigenvalue weighted by Gasteiger charge is 2.33. The Bertz CT molecular complexity index is 164. The van der Waals surface area contributed by atoms with Gasteiger partial charge in [-0.3, -0.25) is 4.79 Å². The minimum Gasteiger partial charge on any atom is -0.481 e. The molecule has 0 aromatic carbocycles. The molecule has 0 aliphatic carbocycles. The SMILES string of the molecule is CCCCC[C@@H](CC(=O)O)[C@H]1CO1. The van der Waals surface area contributed by atoms with Crippen LogP contribution in [0.2, 0.25) is 0 Å². The molecule has 0 bridgehead atoms. The fraction of sp³-hybridized carbons (Fsp3) is 0.900. The molecule has 0 amide bonds. The number of epoxide rings is 1. The van der Waals surface area contributed by atoms with Gasteiger partial charge in [-0.1, -0.05) is 26.2 Å². The average molecular weight is 186 g/mol. The maximum atomic E-state index is 10.5. The second kappa shape index (κ2) is 5.22. The van der Waals surface area contributed by atoms with Crippen molar-refractivity contribution in [3.63, 3.8) is 0 Å². The Labute approximate surface area is 79.1 Å². The number of carboxylic acids is 1. The average Bonchev–Trinajstić information content (AvgIpc) is 2.84. The Morgan fingerprint density at radius 2 is 2.31 bits per heavy atom. The number of rotatable bonds is 7. The third-order valence-electron chi connectivity index (χ3n) is 2.50. The van der Waals surface area contributed by atoms with Crippen LogP contribution in [-0.4, -0.2) is 23.8 Å². The Hall–Kier alpha value is -0.570. The summed E-state index contributed by atoms with van der Waals surface area (Å²) in [6.07, 6.45) is 5.04. The van der Waals surface area contributed by atoms with Crippen molar-refractivity contribution in [1.29, 1.82) is 0 Å².